The van der Waals surface area contributed by atoms with E-state index in [-0.39, 0.29) is 0 Å². The van der Waals surface area contributed by atoms with E-state index in [1.807, 2.05) is 6.08 Å². The molecule has 182 valence electrons. The zero-order valence-electron chi connectivity index (χ0n) is 21.8. The van der Waals surface area contributed by atoms with Crippen LogP contribution in [0.2, 0.25) is 9.26 Å². The molecule has 4 aromatic carbocycles. The molecular formula is C36H34Zr. The first-order chi connectivity index (χ1) is 18.0. The number of rotatable bonds is 6. The summed E-state index contributed by atoms with van der Waals surface area (Å²) in [5, 5.41) is 0. The summed E-state index contributed by atoms with van der Waals surface area (Å²) < 4.78 is 9.05. The van der Waals surface area contributed by atoms with Gasteiger partial charge in [-0.2, -0.15) is 0 Å². The van der Waals surface area contributed by atoms with Crippen molar-refractivity contribution in [3.63, 3.8) is 0 Å². The first kappa shape index (κ1) is 24.2. The van der Waals surface area contributed by atoms with Crippen LogP contribution < -0.4 is 0 Å². The summed E-state index contributed by atoms with van der Waals surface area (Å²) in [6, 6.07) is 40.8. The van der Waals surface area contributed by atoms with E-state index in [1.165, 1.54) is 39.0 Å². The molecule has 0 aromatic heterocycles. The van der Waals surface area contributed by atoms with Gasteiger partial charge in [0.05, 0.1) is 0 Å². The van der Waals surface area contributed by atoms with E-state index in [0.717, 1.165) is 12.8 Å². The minimum absolute atomic E-state index is 0.368. The molecule has 0 aliphatic heterocycles. The molecule has 37 heavy (non-hydrogen) atoms. The fraction of sp³-hybridized carbons (Fsp3) is 0.139. The van der Waals surface area contributed by atoms with Gasteiger partial charge in [0.25, 0.3) is 0 Å². The molecule has 0 radical (unpaired) electrons. The van der Waals surface area contributed by atoms with E-state index in [9.17, 15) is 0 Å². The van der Waals surface area contributed by atoms with E-state index < -0.39 is 18.3 Å². The molecule has 1 heteroatoms. The molecule has 6 rings (SSSR count). The SMILES string of the molecule is C=CCC1=CC[C]([Zr]([CH3])([CH3])(=[C](c2ccccc2)c2ccccc2)[CH]2c3ccccc3-c3ccccc32)=C1. The summed E-state index contributed by atoms with van der Waals surface area (Å²) in [5.41, 5.74) is 9.96. The fourth-order valence-electron chi connectivity index (χ4n) is 7.27. The molecule has 2 aliphatic carbocycles. The van der Waals surface area contributed by atoms with Crippen molar-refractivity contribution in [1.82, 2.24) is 0 Å². The maximum absolute atomic E-state index is 4.19. The van der Waals surface area contributed by atoms with E-state index in [1.54, 1.807) is 6.49 Å². The van der Waals surface area contributed by atoms with E-state index in [4.69, 9.17) is 0 Å². The molecule has 0 nitrogen and oxygen atoms in total. The normalized spacial score (nSPS) is 15.0. The van der Waals surface area contributed by atoms with Gasteiger partial charge in [0, 0.05) is 0 Å². The second-order valence-corrected chi connectivity index (χ2v) is 27.8. The molecule has 0 fully saturated rings. The van der Waals surface area contributed by atoms with Crippen molar-refractivity contribution in [3.8, 4) is 11.1 Å². The van der Waals surface area contributed by atoms with E-state index >= 15 is 0 Å². The van der Waals surface area contributed by atoms with Crippen molar-refractivity contribution >= 4 is 3.21 Å². The Kier molecular flexibility index (Phi) is 6.09. The fourth-order valence-corrected chi connectivity index (χ4v) is 24.0. The molecule has 0 unspecified atom stereocenters. The Morgan fingerprint density at radius 1 is 0.730 bits per heavy atom. The Morgan fingerprint density at radius 2 is 1.22 bits per heavy atom. The summed E-state index contributed by atoms with van der Waals surface area (Å²) in [5.74, 6) is 0. The Bertz CT molecular complexity index is 1540. The average Bonchev–Trinajstić information content (AvgIpc) is 3.54. The molecule has 0 heterocycles. The Hall–Kier alpha value is -3.15. The van der Waals surface area contributed by atoms with Crippen LogP contribution in [0.15, 0.2) is 143 Å². The first-order valence-electron chi connectivity index (χ1n) is 13.4. The van der Waals surface area contributed by atoms with Gasteiger partial charge in [0.15, 0.2) is 0 Å². The monoisotopic (exact) mass is 556 g/mol. The van der Waals surface area contributed by atoms with Crippen LogP contribution in [0, 0.1) is 0 Å². The van der Waals surface area contributed by atoms with Crippen molar-refractivity contribution in [2.45, 2.75) is 25.7 Å². The zero-order chi connectivity index (χ0) is 25.5. The molecule has 0 N–H and O–H groups in total. The van der Waals surface area contributed by atoms with Crippen molar-refractivity contribution in [2.75, 3.05) is 0 Å². The summed E-state index contributed by atoms with van der Waals surface area (Å²) in [6.07, 6.45) is 9.02. The van der Waals surface area contributed by atoms with Gasteiger partial charge in [0.1, 0.15) is 0 Å². The Balaban J connectivity index is 1.81. The van der Waals surface area contributed by atoms with Crippen molar-refractivity contribution in [1.29, 1.82) is 0 Å². The van der Waals surface area contributed by atoms with Crippen LogP contribution in [0.3, 0.4) is 0 Å². The van der Waals surface area contributed by atoms with Gasteiger partial charge in [-0.1, -0.05) is 0 Å². The third-order valence-corrected chi connectivity index (χ3v) is 25.6. The van der Waals surface area contributed by atoms with Crippen LogP contribution in [0.4, 0.5) is 0 Å². The summed E-state index contributed by atoms with van der Waals surface area (Å²) in [6.45, 7) is 4.04. The van der Waals surface area contributed by atoms with Gasteiger partial charge >= 0.3 is 223 Å². The average molecular weight is 558 g/mol. The van der Waals surface area contributed by atoms with Gasteiger partial charge < -0.3 is 0 Å². The Morgan fingerprint density at radius 3 is 1.73 bits per heavy atom. The van der Waals surface area contributed by atoms with Crippen molar-refractivity contribution in [3.05, 3.63) is 165 Å². The number of allylic oxidation sites excluding steroid dienone is 5. The van der Waals surface area contributed by atoms with Crippen LogP contribution in [0.25, 0.3) is 11.1 Å². The molecule has 0 atom stereocenters. The zero-order valence-corrected chi connectivity index (χ0v) is 24.3. The number of fused-ring (bicyclic) bond motifs is 3. The molecule has 0 bridgehead atoms. The van der Waals surface area contributed by atoms with Crippen LogP contribution in [0.1, 0.15) is 38.7 Å². The standard InChI is InChI=1S/C13H9.C13H10.C8H9.2CH3.Zr/c1-3-7-12-10(5-1)9-11-6-2-4-8-13(11)12;1-3-7-12(8-4-1)11-13-9-5-2-6-10-13;1-2-5-8-6-3-4-7-8;;;/h1-9H;1-10H;2,6-7H,1,3,5H2;2*1H3;. The molecule has 2 aliphatic rings. The molecule has 0 amide bonds. The third kappa shape index (κ3) is 3.79. The van der Waals surface area contributed by atoms with Gasteiger partial charge in [-0.15, -0.1) is 0 Å². The van der Waals surface area contributed by atoms with Crippen LogP contribution in [0.5, 0.6) is 0 Å². The number of hydrogen-bond acceptors (Lipinski definition) is 0. The third-order valence-electron chi connectivity index (χ3n) is 8.91. The van der Waals surface area contributed by atoms with Crippen LogP contribution >= 0.6 is 0 Å². The molecule has 0 saturated carbocycles. The van der Waals surface area contributed by atoms with Crippen molar-refractivity contribution < 1.29 is 18.3 Å². The van der Waals surface area contributed by atoms with Crippen LogP contribution in [-0.2, 0) is 18.3 Å². The van der Waals surface area contributed by atoms with Crippen LogP contribution in [-0.4, -0.2) is 3.21 Å². The quantitative estimate of drug-likeness (QED) is 0.207. The first-order valence-corrected chi connectivity index (χ1v) is 22.2. The molecular weight excluding hydrogens is 524 g/mol. The van der Waals surface area contributed by atoms with Gasteiger partial charge in [-0.3, -0.25) is 0 Å². The van der Waals surface area contributed by atoms with Gasteiger partial charge in [-0.25, -0.2) is 0 Å². The van der Waals surface area contributed by atoms with E-state index in [2.05, 4.69) is 137 Å². The van der Waals surface area contributed by atoms with Gasteiger partial charge in [0.2, 0.25) is 0 Å². The minimum atomic E-state index is -4.19. The van der Waals surface area contributed by atoms with E-state index in [0.29, 0.717) is 3.63 Å². The summed E-state index contributed by atoms with van der Waals surface area (Å²) in [4.78, 5) is 0. The predicted molar refractivity (Wildman–Crippen MR) is 157 cm³/mol. The second kappa shape index (κ2) is 9.30. The predicted octanol–water partition coefficient (Wildman–Crippen LogP) is 9.60. The second-order valence-electron chi connectivity index (χ2n) is 11.4. The summed E-state index contributed by atoms with van der Waals surface area (Å²) in [7, 11) is 0. The molecule has 0 saturated heterocycles. The van der Waals surface area contributed by atoms with Crippen molar-refractivity contribution in [2.24, 2.45) is 0 Å². The van der Waals surface area contributed by atoms with Gasteiger partial charge in [-0.05, 0) is 0 Å². The Labute approximate surface area is 222 Å². The summed E-state index contributed by atoms with van der Waals surface area (Å²) >= 11 is -4.19. The molecule has 0 spiro atoms. The number of benzene rings is 4. The molecule has 4 aromatic rings. The topological polar surface area (TPSA) is 0 Å². The number of hydrogen-bond donors (Lipinski definition) is 0. The maximum atomic E-state index is 4.04.